The average Bonchev–Trinajstić information content (AvgIpc) is 3.62. The molecular formula is C26H40N6O4S. The van der Waals surface area contributed by atoms with E-state index in [1.807, 2.05) is 11.6 Å². The normalized spacial score (nSPS) is 30.5. The first-order valence-corrected chi connectivity index (χ1v) is 15.7. The summed E-state index contributed by atoms with van der Waals surface area (Å²) in [5.41, 5.74) is 1.85. The first kappa shape index (κ1) is 25.5. The van der Waals surface area contributed by atoms with Crippen molar-refractivity contribution >= 4 is 10.1 Å². The average molecular weight is 533 g/mol. The zero-order chi connectivity index (χ0) is 25.6. The van der Waals surface area contributed by atoms with Crippen LogP contribution in [0.3, 0.4) is 0 Å². The molecule has 0 aromatic carbocycles. The van der Waals surface area contributed by atoms with Crippen LogP contribution in [0.4, 0.5) is 0 Å². The molecule has 0 radical (unpaired) electrons. The van der Waals surface area contributed by atoms with E-state index in [1.165, 1.54) is 50.8 Å². The second kappa shape index (κ2) is 10.1. The van der Waals surface area contributed by atoms with Crippen molar-refractivity contribution in [3.8, 4) is 0 Å². The van der Waals surface area contributed by atoms with Gasteiger partial charge < -0.3 is 9.30 Å². The fourth-order valence-electron chi connectivity index (χ4n) is 7.12. The molecule has 11 heteroatoms. The van der Waals surface area contributed by atoms with E-state index in [9.17, 15) is 8.42 Å². The van der Waals surface area contributed by atoms with E-state index < -0.39 is 10.1 Å². The van der Waals surface area contributed by atoms with Gasteiger partial charge in [-0.15, -0.1) is 10.2 Å². The van der Waals surface area contributed by atoms with Crippen LogP contribution >= 0.6 is 0 Å². The van der Waals surface area contributed by atoms with Gasteiger partial charge in [0, 0.05) is 50.3 Å². The molecule has 4 fully saturated rings. The molecule has 1 spiro atoms. The molecule has 6 rings (SSSR count). The molecule has 2 saturated heterocycles. The molecule has 0 atom stereocenters. The van der Waals surface area contributed by atoms with E-state index in [2.05, 4.69) is 32.2 Å². The van der Waals surface area contributed by atoms with Gasteiger partial charge in [0.2, 0.25) is 0 Å². The maximum absolute atomic E-state index is 11.3. The van der Waals surface area contributed by atoms with Crippen molar-refractivity contribution in [2.75, 3.05) is 32.6 Å². The molecule has 0 N–H and O–H groups in total. The summed E-state index contributed by atoms with van der Waals surface area (Å²) in [5.74, 6) is 2.34. The SMILES string of the molecule is Cn1c(COS(C)(=O)=O)nnc1[C@H]1CC[C@H](c2cnn([C@H]3CC[C@H](N4CC5(CCOC5)C4)CC3)c2)CC1. The third-order valence-corrected chi connectivity index (χ3v) is 9.95. The summed E-state index contributed by atoms with van der Waals surface area (Å²) in [5, 5.41) is 13.3. The van der Waals surface area contributed by atoms with Gasteiger partial charge in [0.1, 0.15) is 12.4 Å². The van der Waals surface area contributed by atoms with Crippen molar-refractivity contribution in [1.29, 1.82) is 0 Å². The molecular weight excluding hydrogens is 492 g/mol. The molecule has 0 bridgehead atoms. The Morgan fingerprint density at radius 1 is 1.03 bits per heavy atom. The van der Waals surface area contributed by atoms with Gasteiger partial charge in [0.15, 0.2) is 5.82 Å². The van der Waals surface area contributed by atoms with Crippen LogP contribution in [0.2, 0.25) is 0 Å². The smallest absolute Gasteiger partial charge is 0.264 e. The third-order valence-electron chi connectivity index (χ3n) is 9.40. The quantitative estimate of drug-likeness (QED) is 0.501. The molecule has 4 heterocycles. The molecule has 2 aliphatic heterocycles. The highest BCUT2D eigenvalue weighted by molar-refractivity contribution is 7.85. The molecule has 37 heavy (non-hydrogen) atoms. The Kier molecular flexibility index (Phi) is 6.92. The fraction of sp³-hybridized carbons (Fsp3) is 0.808. The Balaban J connectivity index is 0.984. The van der Waals surface area contributed by atoms with Gasteiger partial charge in [-0.1, -0.05) is 0 Å². The zero-order valence-electron chi connectivity index (χ0n) is 22.1. The largest absolute Gasteiger partial charge is 0.381 e. The van der Waals surface area contributed by atoms with Crippen molar-refractivity contribution in [2.45, 2.75) is 88.3 Å². The number of hydrogen-bond acceptors (Lipinski definition) is 8. The number of ether oxygens (including phenoxy) is 1. The van der Waals surface area contributed by atoms with Gasteiger partial charge in [-0.05, 0) is 69.3 Å². The summed E-state index contributed by atoms with van der Waals surface area (Å²) in [6.07, 6.45) is 16.0. The van der Waals surface area contributed by atoms with Crippen molar-refractivity contribution in [2.24, 2.45) is 12.5 Å². The van der Waals surface area contributed by atoms with Crippen molar-refractivity contribution in [1.82, 2.24) is 29.4 Å². The van der Waals surface area contributed by atoms with Crippen LogP contribution in [0.1, 0.15) is 92.9 Å². The van der Waals surface area contributed by atoms with Gasteiger partial charge in [-0.3, -0.25) is 13.8 Å². The van der Waals surface area contributed by atoms with E-state index in [1.54, 1.807) is 0 Å². The Morgan fingerprint density at radius 3 is 2.41 bits per heavy atom. The van der Waals surface area contributed by atoms with E-state index in [0.29, 0.717) is 29.1 Å². The molecule has 2 aliphatic carbocycles. The number of rotatable bonds is 7. The number of nitrogens with zero attached hydrogens (tertiary/aromatic N) is 6. The molecule has 4 aliphatic rings. The van der Waals surface area contributed by atoms with Crippen LogP contribution in [0.25, 0.3) is 0 Å². The molecule has 0 unspecified atom stereocenters. The maximum atomic E-state index is 11.3. The lowest BCUT2D eigenvalue weighted by molar-refractivity contribution is -0.0475. The summed E-state index contributed by atoms with van der Waals surface area (Å²) in [7, 11) is -1.61. The summed E-state index contributed by atoms with van der Waals surface area (Å²) in [6.45, 7) is 4.32. The topological polar surface area (TPSA) is 104 Å². The van der Waals surface area contributed by atoms with Crippen LogP contribution < -0.4 is 0 Å². The molecule has 2 aromatic rings. The fourth-order valence-corrected chi connectivity index (χ4v) is 7.44. The Hall–Kier alpha value is -1.82. The lowest BCUT2D eigenvalue weighted by Gasteiger charge is -2.52. The molecule has 2 aromatic heterocycles. The summed E-state index contributed by atoms with van der Waals surface area (Å²) in [6, 6.07) is 1.27. The van der Waals surface area contributed by atoms with Crippen molar-refractivity contribution < 1.29 is 17.3 Å². The lowest BCUT2D eigenvalue weighted by Crippen LogP contribution is -2.60. The Morgan fingerprint density at radius 2 is 1.73 bits per heavy atom. The lowest BCUT2D eigenvalue weighted by atomic mass is 9.76. The maximum Gasteiger partial charge on any atom is 0.264 e. The van der Waals surface area contributed by atoms with E-state index in [4.69, 9.17) is 14.0 Å². The second-order valence-corrected chi connectivity index (χ2v) is 13.6. The molecule has 0 amide bonds. The number of aromatic nitrogens is 5. The minimum atomic E-state index is -3.50. The highest BCUT2D eigenvalue weighted by Crippen LogP contribution is 2.43. The standard InChI is InChI=1S/C26H40N6O4S/c1-30-24(15-36-37(2,33)34)28-29-25(30)20-5-3-19(4-6-20)21-13-27-32(14-21)23-9-7-22(8-10-23)31-16-26(17-31)11-12-35-18-26/h13-14,19-20,22-23H,3-12,15-18H2,1-2H3/t19-,20-,22-,23-. The monoisotopic (exact) mass is 532 g/mol. The minimum Gasteiger partial charge on any atom is -0.381 e. The predicted octanol–water partition coefficient (Wildman–Crippen LogP) is 3.14. The summed E-state index contributed by atoms with van der Waals surface area (Å²) < 4.78 is 37.3. The van der Waals surface area contributed by atoms with Crippen molar-refractivity contribution in [3.05, 3.63) is 29.6 Å². The highest BCUT2D eigenvalue weighted by atomic mass is 32.2. The molecule has 10 nitrogen and oxygen atoms in total. The highest BCUT2D eigenvalue weighted by Gasteiger charge is 2.48. The third kappa shape index (κ3) is 5.37. The number of hydrogen-bond donors (Lipinski definition) is 0. The van der Waals surface area contributed by atoms with Gasteiger partial charge in [0.05, 0.1) is 25.1 Å². The first-order chi connectivity index (χ1) is 17.8. The summed E-state index contributed by atoms with van der Waals surface area (Å²) >= 11 is 0. The summed E-state index contributed by atoms with van der Waals surface area (Å²) in [4.78, 5) is 2.71. The first-order valence-electron chi connectivity index (χ1n) is 13.9. The molecule has 2 saturated carbocycles. The molecule has 204 valence electrons. The van der Waals surface area contributed by atoms with E-state index >= 15 is 0 Å². The van der Waals surface area contributed by atoms with E-state index in [-0.39, 0.29) is 6.61 Å². The van der Waals surface area contributed by atoms with Crippen LogP contribution in [0.5, 0.6) is 0 Å². The predicted molar refractivity (Wildman–Crippen MR) is 138 cm³/mol. The van der Waals surface area contributed by atoms with Gasteiger partial charge >= 0.3 is 0 Å². The van der Waals surface area contributed by atoms with Gasteiger partial charge in [-0.2, -0.15) is 13.5 Å². The van der Waals surface area contributed by atoms with Crippen LogP contribution in [0, 0.1) is 5.41 Å². The van der Waals surface area contributed by atoms with Crippen LogP contribution in [-0.4, -0.2) is 76.5 Å². The van der Waals surface area contributed by atoms with E-state index in [0.717, 1.165) is 57.0 Å². The van der Waals surface area contributed by atoms with Crippen LogP contribution in [-0.2, 0) is 32.7 Å². The zero-order valence-corrected chi connectivity index (χ0v) is 22.9. The van der Waals surface area contributed by atoms with Gasteiger partial charge in [-0.25, -0.2) is 0 Å². The number of likely N-dealkylation sites (tertiary alicyclic amines) is 1. The van der Waals surface area contributed by atoms with Gasteiger partial charge in [0.25, 0.3) is 10.1 Å². The Bertz CT molecular complexity index is 1180. The second-order valence-electron chi connectivity index (χ2n) is 12.0. The Labute approximate surface area is 219 Å². The van der Waals surface area contributed by atoms with Crippen LogP contribution in [0.15, 0.2) is 12.4 Å². The van der Waals surface area contributed by atoms with Crippen molar-refractivity contribution in [3.63, 3.8) is 0 Å². The minimum absolute atomic E-state index is 0.0768.